The van der Waals surface area contributed by atoms with E-state index in [0.29, 0.717) is 11.5 Å². The van der Waals surface area contributed by atoms with Crippen LogP contribution in [0.2, 0.25) is 0 Å². The minimum Gasteiger partial charge on any atom is -0.480 e. The minimum atomic E-state index is -1.12. The predicted molar refractivity (Wildman–Crippen MR) is 67.8 cm³/mol. The van der Waals surface area contributed by atoms with Crippen LogP contribution in [0.3, 0.4) is 0 Å². The second kappa shape index (κ2) is 5.83. The van der Waals surface area contributed by atoms with Crippen molar-refractivity contribution in [2.45, 2.75) is 32.0 Å². The Morgan fingerprint density at radius 3 is 2.95 bits per heavy atom. The largest absolute Gasteiger partial charge is 0.480 e. The number of nitrogens with one attached hydrogen (secondary N) is 1. The second-order valence-electron chi connectivity index (χ2n) is 4.65. The van der Waals surface area contributed by atoms with Crippen molar-refractivity contribution < 1.29 is 19.8 Å². The van der Waals surface area contributed by atoms with Crippen molar-refractivity contribution in [1.82, 2.24) is 20.2 Å². The average molecular weight is 280 g/mol. The van der Waals surface area contributed by atoms with Crippen LogP contribution in [0, 0.1) is 6.92 Å². The number of carboxylic acids is 1. The number of aryl methyl sites for hydroxylation is 1. The van der Waals surface area contributed by atoms with Crippen molar-refractivity contribution in [3.63, 3.8) is 0 Å². The first-order valence-corrected chi connectivity index (χ1v) is 6.21. The second-order valence-corrected chi connectivity index (χ2v) is 4.65. The number of carbonyl (C=O) groups excluding carboxylic acids is 1. The summed E-state index contributed by atoms with van der Waals surface area (Å²) in [5.41, 5.74) is 0.637. The molecule has 1 unspecified atom stereocenters. The minimum absolute atomic E-state index is 0.0194. The molecule has 20 heavy (non-hydrogen) atoms. The third-order valence-electron chi connectivity index (χ3n) is 3.08. The Hall–Kier alpha value is -2.22. The maximum absolute atomic E-state index is 12.0. The van der Waals surface area contributed by atoms with Gasteiger partial charge in [0.15, 0.2) is 0 Å². The van der Waals surface area contributed by atoms with Gasteiger partial charge in [-0.2, -0.15) is 0 Å². The van der Waals surface area contributed by atoms with Gasteiger partial charge in [-0.1, -0.05) is 0 Å². The van der Waals surface area contributed by atoms with Gasteiger partial charge >= 0.3 is 12.0 Å². The Labute approximate surface area is 115 Å². The molecular formula is C12H16N4O4. The van der Waals surface area contributed by atoms with Crippen LogP contribution in [0.15, 0.2) is 12.3 Å². The van der Waals surface area contributed by atoms with Crippen molar-refractivity contribution in [3.05, 3.63) is 23.8 Å². The lowest BCUT2D eigenvalue weighted by Crippen LogP contribution is -2.46. The van der Waals surface area contributed by atoms with E-state index >= 15 is 0 Å². The van der Waals surface area contributed by atoms with Crippen LogP contribution in [0.1, 0.15) is 17.9 Å². The molecule has 0 bridgehead atoms. The van der Waals surface area contributed by atoms with Crippen molar-refractivity contribution in [2.24, 2.45) is 0 Å². The number of nitrogens with zero attached hydrogens (tertiary/aromatic N) is 3. The Morgan fingerprint density at radius 2 is 2.30 bits per heavy atom. The van der Waals surface area contributed by atoms with Crippen LogP contribution in [0.25, 0.3) is 0 Å². The van der Waals surface area contributed by atoms with E-state index in [1.165, 1.54) is 0 Å². The smallest absolute Gasteiger partial charge is 0.326 e. The number of urea groups is 1. The summed E-state index contributed by atoms with van der Waals surface area (Å²) < 4.78 is 0. The van der Waals surface area contributed by atoms with Crippen molar-refractivity contribution in [1.29, 1.82) is 0 Å². The van der Waals surface area contributed by atoms with Gasteiger partial charge in [0.25, 0.3) is 0 Å². The first kappa shape index (κ1) is 14.2. The molecular weight excluding hydrogens is 264 g/mol. The molecule has 8 nitrogen and oxygen atoms in total. The number of hydrogen-bond donors (Lipinski definition) is 3. The highest BCUT2D eigenvalue weighted by atomic mass is 16.4. The fraction of sp³-hybridized carbons (Fsp3) is 0.500. The summed E-state index contributed by atoms with van der Waals surface area (Å²) in [6, 6.07) is 0.156. The van der Waals surface area contributed by atoms with E-state index < -0.39 is 24.1 Å². The molecule has 2 rings (SSSR count). The molecule has 2 amide bonds. The van der Waals surface area contributed by atoms with Gasteiger partial charge in [-0.15, -0.1) is 0 Å². The van der Waals surface area contributed by atoms with Crippen molar-refractivity contribution in [3.8, 4) is 0 Å². The molecule has 1 aliphatic rings. The van der Waals surface area contributed by atoms with Gasteiger partial charge in [-0.3, -0.25) is 0 Å². The lowest BCUT2D eigenvalue weighted by Gasteiger charge is -2.21. The summed E-state index contributed by atoms with van der Waals surface area (Å²) in [4.78, 5) is 32.2. The number of aliphatic carboxylic acids is 1. The summed E-state index contributed by atoms with van der Waals surface area (Å²) in [5, 5.41) is 21.1. The molecule has 1 aromatic heterocycles. The molecule has 1 saturated heterocycles. The number of hydrogen-bond acceptors (Lipinski definition) is 5. The molecule has 1 fully saturated rings. The van der Waals surface area contributed by atoms with Gasteiger partial charge in [0.2, 0.25) is 0 Å². The third-order valence-corrected chi connectivity index (χ3v) is 3.08. The number of aromatic nitrogens is 2. The Morgan fingerprint density at radius 1 is 1.55 bits per heavy atom. The third kappa shape index (κ3) is 3.21. The lowest BCUT2D eigenvalue weighted by molar-refractivity contribution is -0.141. The molecule has 8 heteroatoms. The number of β-amino-alcohol motifs (C(OH)–C–C–N with tert-alkyl or cyclic N) is 1. The Balaban J connectivity index is 1.96. The molecule has 2 atom stereocenters. The number of likely N-dealkylation sites (tertiary alicyclic amines) is 1. The normalized spacial score (nSPS) is 21.8. The van der Waals surface area contributed by atoms with Gasteiger partial charge in [0, 0.05) is 19.2 Å². The zero-order chi connectivity index (χ0) is 14.7. The van der Waals surface area contributed by atoms with Gasteiger partial charge in [0.1, 0.15) is 11.9 Å². The summed E-state index contributed by atoms with van der Waals surface area (Å²) in [6.45, 7) is 1.94. The van der Waals surface area contributed by atoms with E-state index in [1.807, 2.05) is 0 Å². The topological polar surface area (TPSA) is 116 Å². The van der Waals surface area contributed by atoms with Crippen molar-refractivity contribution >= 4 is 12.0 Å². The number of aliphatic hydroxyl groups excluding tert-OH is 1. The molecule has 3 N–H and O–H groups in total. The predicted octanol–water partition coefficient (Wildman–Crippen LogP) is -0.486. The van der Waals surface area contributed by atoms with Crippen LogP contribution in [-0.4, -0.2) is 55.8 Å². The zero-order valence-electron chi connectivity index (χ0n) is 11.0. The lowest BCUT2D eigenvalue weighted by atomic mass is 10.2. The van der Waals surface area contributed by atoms with Crippen molar-refractivity contribution in [2.75, 3.05) is 6.54 Å². The van der Waals surface area contributed by atoms with Crippen LogP contribution < -0.4 is 5.32 Å². The fourth-order valence-electron chi connectivity index (χ4n) is 2.14. The number of carbonyl (C=O) groups is 2. The van der Waals surface area contributed by atoms with Gasteiger partial charge in [-0.25, -0.2) is 19.6 Å². The van der Waals surface area contributed by atoms with E-state index in [2.05, 4.69) is 15.3 Å². The maximum Gasteiger partial charge on any atom is 0.326 e. The first-order chi connectivity index (χ1) is 9.47. The summed E-state index contributed by atoms with van der Waals surface area (Å²) >= 11 is 0. The zero-order valence-corrected chi connectivity index (χ0v) is 11.0. The summed E-state index contributed by atoms with van der Waals surface area (Å²) in [5.74, 6) is -0.522. The van der Waals surface area contributed by atoms with Crippen LogP contribution in [-0.2, 0) is 11.3 Å². The standard InChI is InChI=1S/C12H16N4O4/c1-7-13-3-2-8(15-7)5-14-12(20)16-6-9(17)4-10(16)11(18)19/h2-3,9-10,17H,4-6H2,1H3,(H,14,20)(H,18,19)/t9?,10-/m0/s1. The van der Waals surface area contributed by atoms with E-state index in [9.17, 15) is 14.7 Å². The average Bonchev–Trinajstić information content (AvgIpc) is 2.78. The first-order valence-electron chi connectivity index (χ1n) is 6.21. The molecule has 0 aliphatic carbocycles. The van der Waals surface area contributed by atoms with Crippen LogP contribution in [0.5, 0.6) is 0 Å². The van der Waals surface area contributed by atoms with Gasteiger partial charge in [-0.05, 0) is 13.0 Å². The van der Waals surface area contributed by atoms with Gasteiger partial charge in [0.05, 0.1) is 18.3 Å². The maximum atomic E-state index is 12.0. The monoisotopic (exact) mass is 280 g/mol. The Kier molecular flexibility index (Phi) is 4.14. The molecule has 108 valence electrons. The number of rotatable bonds is 3. The number of carboxylic acid groups (broad SMARTS) is 1. The molecule has 0 spiro atoms. The highest BCUT2D eigenvalue weighted by molar-refractivity contribution is 5.83. The molecule has 0 radical (unpaired) electrons. The molecule has 0 saturated carbocycles. The molecule has 2 heterocycles. The van der Waals surface area contributed by atoms with E-state index in [-0.39, 0.29) is 19.5 Å². The summed E-state index contributed by atoms with van der Waals surface area (Å²) in [7, 11) is 0. The van der Waals surface area contributed by atoms with Crippen LogP contribution >= 0.6 is 0 Å². The van der Waals surface area contributed by atoms with Crippen LogP contribution in [0.4, 0.5) is 4.79 Å². The number of amides is 2. The van der Waals surface area contributed by atoms with E-state index in [4.69, 9.17) is 5.11 Å². The SMILES string of the molecule is Cc1nccc(CNC(=O)N2CC(O)C[C@H]2C(=O)O)n1. The molecule has 1 aliphatic heterocycles. The summed E-state index contributed by atoms with van der Waals surface area (Å²) in [6.07, 6.45) is 0.835. The Bertz CT molecular complexity index is 522. The van der Waals surface area contributed by atoms with Gasteiger partial charge < -0.3 is 20.4 Å². The molecule has 0 aromatic carbocycles. The van der Waals surface area contributed by atoms with E-state index in [0.717, 1.165) is 4.90 Å². The van der Waals surface area contributed by atoms with E-state index in [1.54, 1.807) is 19.2 Å². The number of aliphatic hydroxyl groups is 1. The highest BCUT2D eigenvalue weighted by Crippen LogP contribution is 2.18. The fourth-order valence-corrected chi connectivity index (χ4v) is 2.14. The molecule has 1 aromatic rings. The quantitative estimate of drug-likeness (QED) is 0.688. The highest BCUT2D eigenvalue weighted by Gasteiger charge is 2.38.